The van der Waals surface area contributed by atoms with E-state index in [4.69, 9.17) is 5.11 Å². The molecular weight excluding hydrogens is 208 g/mol. The van der Waals surface area contributed by atoms with Crippen molar-refractivity contribution in [2.24, 2.45) is 0 Å². The molecule has 16 heavy (non-hydrogen) atoms. The average Bonchev–Trinajstić information content (AvgIpc) is 2.69. The van der Waals surface area contributed by atoms with E-state index in [2.05, 4.69) is 10.4 Å². The predicted molar refractivity (Wildman–Crippen MR) is 57.3 cm³/mol. The van der Waals surface area contributed by atoms with Crippen molar-refractivity contribution in [2.45, 2.75) is 13.0 Å². The zero-order chi connectivity index (χ0) is 11.4. The molecular formula is C10H12N4O2. The minimum absolute atomic E-state index is 0.0324. The largest absolute Gasteiger partial charge is 0.396 e. The van der Waals surface area contributed by atoms with Crippen LogP contribution in [0.15, 0.2) is 35.1 Å². The number of rotatable bonds is 4. The van der Waals surface area contributed by atoms with E-state index in [0.717, 1.165) is 0 Å². The Balaban J connectivity index is 2.31. The van der Waals surface area contributed by atoms with Gasteiger partial charge in [-0.25, -0.2) is 4.79 Å². The molecule has 6 heteroatoms. The third kappa shape index (κ3) is 2.01. The van der Waals surface area contributed by atoms with Gasteiger partial charge in [0.25, 0.3) is 0 Å². The smallest absolute Gasteiger partial charge is 0.368 e. The van der Waals surface area contributed by atoms with Crippen LogP contribution in [0.2, 0.25) is 0 Å². The van der Waals surface area contributed by atoms with Gasteiger partial charge >= 0.3 is 5.69 Å². The van der Waals surface area contributed by atoms with Gasteiger partial charge in [-0.15, -0.1) is 0 Å². The monoisotopic (exact) mass is 220 g/mol. The van der Waals surface area contributed by atoms with Gasteiger partial charge in [-0.1, -0.05) is 18.2 Å². The Morgan fingerprint density at radius 2 is 1.94 bits per heavy atom. The molecule has 0 unspecified atom stereocenters. The highest BCUT2D eigenvalue weighted by Crippen LogP contribution is 2.00. The number of aliphatic hydroxyl groups excluding tert-OH is 1. The Morgan fingerprint density at radius 1 is 1.19 bits per heavy atom. The van der Waals surface area contributed by atoms with E-state index in [0.29, 0.717) is 18.7 Å². The number of hydrogen-bond acceptors (Lipinski definition) is 4. The van der Waals surface area contributed by atoms with Crippen molar-refractivity contribution < 1.29 is 5.11 Å². The lowest BCUT2D eigenvalue weighted by Gasteiger charge is -1.96. The van der Waals surface area contributed by atoms with Crippen LogP contribution < -0.4 is 5.69 Å². The summed E-state index contributed by atoms with van der Waals surface area (Å²) in [6.07, 6.45) is 0.493. The van der Waals surface area contributed by atoms with Crippen LogP contribution in [-0.4, -0.2) is 31.5 Å². The Kier molecular flexibility index (Phi) is 3.11. The van der Waals surface area contributed by atoms with Crippen molar-refractivity contribution in [2.75, 3.05) is 6.61 Å². The number of benzene rings is 1. The molecule has 2 rings (SSSR count). The van der Waals surface area contributed by atoms with Crippen molar-refractivity contribution in [3.8, 4) is 5.69 Å². The summed E-state index contributed by atoms with van der Waals surface area (Å²) in [6.45, 7) is 0.410. The lowest BCUT2D eigenvalue weighted by Crippen LogP contribution is -2.24. The molecule has 1 aromatic heterocycles. The van der Waals surface area contributed by atoms with E-state index in [1.54, 1.807) is 12.1 Å². The molecule has 0 atom stereocenters. The van der Waals surface area contributed by atoms with E-state index in [9.17, 15) is 4.79 Å². The van der Waals surface area contributed by atoms with Crippen molar-refractivity contribution in [1.29, 1.82) is 0 Å². The molecule has 0 spiro atoms. The minimum atomic E-state index is -0.292. The summed E-state index contributed by atoms with van der Waals surface area (Å²) < 4.78 is 2.47. The standard InChI is InChI=1S/C10H12N4O2/c15-8-4-7-13-10(16)14(12-11-13)9-5-2-1-3-6-9/h1-3,5-6,15H,4,7-8H2. The molecule has 0 fully saturated rings. The summed E-state index contributed by atoms with van der Waals surface area (Å²) in [7, 11) is 0. The first kappa shape index (κ1) is 10.6. The first-order valence-corrected chi connectivity index (χ1v) is 5.02. The maximum Gasteiger partial charge on any atom is 0.368 e. The van der Waals surface area contributed by atoms with E-state index < -0.39 is 0 Å². The molecule has 2 aromatic rings. The SMILES string of the molecule is O=c1n(CCCO)nnn1-c1ccccc1. The highest BCUT2D eigenvalue weighted by atomic mass is 16.3. The zero-order valence-corrected chi connectivity index (χ0v) is 8.65. The second-order valence-electron chi connectivity index (χ2n) is 3.31. The number of aliphatic hydroxyl groups is 1. The van der Waals surface area contributed by atoms with E-state index in [1.807, 2.05) is 18.2 Å². The Hall–Kier alpha value is -1.95. The van der Waals surface area contributed by atoms with Gasteiger partial charge in [0, 0.05) is 6.61 Å². The molecule has 0 saturated carbocycles. The minimum Gasteiger partial charge on any atom is -0.396 e. The van der Waals surface area contributed by atoms with Crippen LogP contribution >= 0.6 is 0 Å². The molecule has 84 valence electrons. The van der Waals surface area contributed by atoms with Gasteiger partial charge < -0.3 is 5.11 Å². The number of hydrogen-bond donors (Lipinski definition) is 1. The fraction of sp³-hybridized carbons (Fsp3) is 0.300. The topological polar surface area (TPSA) is 72.9 Å². The summed E-state index contributed by atoms with van der Waals surface area (Å²) in [5.74, 6) is 0. The molecule has 0 aliphatic rings. The molecule has 0 saturated heterocycles. The molecule has 1 heterocycles. The highest BCUT2D eigenvalue weighted by molar-refractivity contribution is 5.28. The fourth-order valence-corrected chi connectivity index (χ4v) is 1.37. The maximum atomic E-state index is 11.8. The van der Waals surface area contributed by atoms with Crippen molar-refractivity contribution >= 4 is 0 Å². The van der Waals surface area contributed by atoms with E-state index in [-0.39, 0.29) is 12.3 Å². The van der Waals surface area contributed by atoms with Crippen molar-refractivity contribution in [3.63, 3.8) is 0 Å². The lowest BCUT2D eigenvalue weighted by molar-refractivity contribution is 0.275. The molecule has 0 aliphatic carbocycles. The predicted octanol–water partition coefficient (Wildman–Crippen LogP) is -0.189. The number of nitrogens with zero attached hydrogens (tertiary/aromatic N) is 4. The van der Waals surface area contributed by atoms with Gasteiger partial charge in [0.2, 0.25) is 0 Å². The number of para-hydroxylation sites is 1. The summed E-state index contributed by atoms with van der Waals surface area (Å²) in [5.41, 5.74) is 0.391. The van der Waals surface area contributed by atoms with Crippen LogP contribution in [-0.2, 0) is 6.54 Å². The normalized spacial score (nSPS) is 10.6. The molecule has 0 amide bonds. The van der Waals surface area contributed by atoms with Crippen LogP contribution in [0.1, 0.15) is 6.42 Å². The van der Waals surface area contributed by atoms with Crippen molar-refractivity contribution in [3.05, 3.63) is 40.8 Å². The molecule has 6 nitrogen and oxygen atoms in total. The summed E-state index contributed by atoms with van der Waals surface area (Å²) in [4.78, 5) is 11.8. The fourth-order valence-electron chi connectivity index (χ4n) is 1.37. The zero-order valence-electron chi connectivity index (χ0n) is 8.65. The summed E-state index contributed by atoms with van der Waals surface area (Å²) in [5, 5.41) is 16.2. The van der Waals surface area contributed by atoms with Crippen LogP contribution in [0.3, 0.4) is 0 Å². The average molecular weight is 220 g/mol. The third-order valence-corrected chi connectivity index (χ3v) is 2.17. The second-order valence-corrected chi connectivity index (χ2v) is 3.31. The lowest BCUT2D eigenvalue weighted by atomic mass is 10.3. The molecule has 0 aliphatic heterocycles. The van der Waals surface area contributed by atoms with Crippen LogP contribution in [0.5, 0.6) is 0 Å². The highest BCUT2D eigenvalue weighted by Gasteiger charge is 2.07. The van der Waals surface area contributed by atoms with Crippen LogP contribution in [0.25, 0.3) is 5.69 Å². The first-order valence-electron chi connectivity index (χ1n) is 5.02. The van der Waals surface area contributed by atoms with Crippen molar-refractivity contribution in [1.82, 2.24) is 19.8 Å². The first-order chi connectivity index (χ1) is 7.83. The van der Waals surface area contributed by atoms with Gasteiger partial charge in [0.15, 0.2) is 0 Å². The maximum absolute atomic E-state index is 11.8. The van der Waals surface area contributed by atoms with Crippen LogP contribution in [0, 0.1) is 0 Å². The third-order valence-electron chi connectivity index (χ3n) is 2.17. The van der Waals surface area contributed by atoms with Gasteiger partial charge in [-0.3, -0.25) is 0 Å². The van der Waals surface area contributed by atoms with E-state index in [1.165, 1.54) is 9.36 Å². The molecule has 1 aromatic carbocycles. The summed E-state index contributed by atoms with van der Waals surface area (Å²) >= 11 is 0. The van der Waals surface area contributed by atoms with Crippen LogP contribution in [0.4, 0.5) is 0 Å². The number of aromatic nitrogens is 4. The summed E-state index contributed by atoms with van der Waals surface area (Å²) in [6, 6.07) is 9.09. The molecule has 0 radical (unpaired) electrons. The quantitative estimate of drug-likeness (QED) is 0.775. The van der Waals surface area contributed by atoms with Gasteiger partial charge in [-0.05, 0) is 29.0 Å². The molecule has 1 N–H and O–H groups in total. The van der Waals surface area contributed by atoms with E-state index >= 15 is 0 Å². The van der Waals surface area contributed by atoms with Gasteiger partial charge in [0.1, 0.15) is 0 Å². The molecule has 0 bridgehead atoms. The number of tetrazole rings is 1. The Labute approximate surface area is 91.7 Å². The Morgan fingerprint density at radius 3 is 2.62 bits per heavy atom. The second kappa shape index (κ2) is 4.71. The van der Waals surface area contributed by atoms with Gasteiger partial charge in [0.05, 0.1) is 12.2 Å². The number of aryl methyl sites for hydroxylation is 1. The Bertz CT molecular complexity index is 503. The van der Waals surface area contributed by atoms with Gasteiger partial charge in [-0.2, -0.15) is 9.36 Å².